The molecule has 24 nitrogen and oxygen atoms in total. The topological polar surface area (TPSA) is 348 Å². The van der Waals surface area contributed by atoms with Crippen molar-refractivity contribution >= 4 is 46.1 Å². The summed E-state index contributed by atoms with van der Waals surface area (Å²) in [6.07, 6.45) is 5.80. The normalized spacial score (nSPS) is 40.7. The standard InChI is InChI=1S/C48H74IN2O22P3/c1-7-8-9-10-14-37-46(4,57)19-15-33-34(66-37)16-20-47(5)39(67-33)24-35-43(71-47)31(52)25-48(6)38(68-35)23-29(3)32(70-48)13-11-12-28(2)30(26-49)18-22-64-74(58,59)72-76(62,63)73-75(60,61)65-27-36-41(54)42(55)44(69-36)51-21-17-40(53)50-45(51)56/h7-9,12,17-18,21,29,31-39,41-44,52,54-55,57H,1,10-11,13-16,19-20,22-27H2,2-6H3,(H,58,59)(H,60,61)(H,62,63)(H,50,53,56)/p-3/b9-8-,28-12+,30-18+/t29?,31?,32?,33?,34?,35?,36-,37?,38?,39?,41?,42?,43?,44?,46?,47?,48?/m0/s1. The van der Waals surface area contributed by atoms with Gasteiger partial charge in [0.2, 0.25) is 0 Å². The van der Waals surface area contributed by atoms with Crippen LogP contribution < -0.4 is 25.9 Å². The molecule has 7 rings (SSSR count). The molecule has 76 heavy (non-hydrogen) atoms. The number of allylic oxidation sites excluding steroid dienone is 6. The van der Waals surface area contributed by atoms with Crippen LogP contribution in [0.5, 0.6) is 0 Å². The largest absolute Gasteiger partial charge is 0.756 e. The molecule has 7 heterocycles. The summed E-state index contributed by atoms with van der Waals surface area (Å²) in [6, 6.07) is 0.916. The summed E-state index contributed by atoms with van der Waals surface area (Å²) in [5, 5.41) is 44.0. The number of aliphatic hydroxyl groups excluding tert-OH is 3. The number of phosphoric ester groups is 2. The predicted octanol–water partition coefficient (Wildman–Crippen LogP) is 3.33. The number of aromatic amines is 1. The molecular weight excluding hydrogens is 1180 g/mol. The van der Waals surface area contributed by atoms with Crippen molar-refractivity contribution in [2.24, 2.45) is 5.92 Å². The zero-order valence-electron chi connectivity index (χ0n) is 43.0. The quantitative estimate of drug-likeness (QED) is 0.0541. The van der Waals surface area contributed by atoms with Gasteiger partial charge in [-0.15, -0.1) is 0 Å². The average Bonchev–Trinajstić information content (AvgIpc) is 3.40. The first-order valence-electron chi connectivity index (χ1n) is 25.5. The molecule has 6 saturated heterocycles. The highest BCUT2D eigenvalue weighted by Gasteiger charge is 2.58. The van der Waals surface area contributed by atoms with Crippen LogP contribution in [0.15, 0.2) is 70.0 Å². The Kier molecular flexibility index (Phi) is 20.6. The summed E-state index contributed by atoms with van der Waals surface area (Å²) in [5.74, 6) is 0.0719. The molecule has 28 heteroatoms. The van der Waals surface area contributed by atoms with Crippen LogP contribution in [0.25, 0.3) is 0 Å². The lowest BCUT2D eigenvalue weighted by Crippen LogP contribution is -2.59. The number of halogens is 1. The van der Waals surface area contributed by atoms with Crippen LogP contribution in [0.4, 0.5) is 0 Å². The summed E-state index contributed by atoms with van der Waals surface area (Å²) in [5.41, 5.74) is -2.95. The van der Waals surface area contributed by atoms with Gasteiger partial charge in [-0.25, -0.2) is 13.4 Å². The summed E-state index contributed by atoms with van der Waals surface area (Å²) in [4.78, 5) is 62.7. The predicted molar refractivity (Wildman–Crippen MR) is 273 cm³/mol. The number of hydrogen-bond acceptors (Lipinski definition) is 22. The van der Waals surface area contributed by atoms with Crippen LogP contribution in [-0.4, -0.2) is 138 Å². The second-order valence-electron chi connectivity index (χ2n) is 21.2. The molecule has 0 aromatic carbocycles. The van der Waals surface area contributed by atoms with Crippen molar-refractivity contribution in [1.82, 2.24) is 9.55 Å². The third-order valence-corrected chi connectivity index (χ3v) is 20.4. The van der Waals surface area contributed by atoms with Gasteiger partial charge in [-0.2, -0.15) is 0 Å². The fraction of sp³-hybridized carbons (Fsp3) is 0.750. The second-order valence-corrected chi connectivity index (χ2v) is 26.5. The van der Waals surface area contributed by atoms with Crippen molar-refractivity contribution < 1.29 is 94.9 Å². The van der Waals surface area contributed by atoms with Gasteiger partial charge in [0.05, 0.1) is 78.8 Å². The molecule has 1 aromatic heterocycles. The third-order valence-electron chi connectivity index (χ3n) is 15.4. The minimum absolute atomic E-state index is 0.0719. The fourth-order valence-corrected chi connectivity index (χ4v) is 15.3. The Bertz CT molecular complexity index is 2560. The number of phosphoric acid groups is 3. The molecule has 6 fully saturated rings. The van der Waals surface area contributed by atoms with E-state index in [1.54, 1.807) is 13.0 Å². The van der Waals surface area contributed by atoms with Gasteiger partial charge in [-0.05, 0) is 97.0 Å². The monoisotopic (exact) mass is 1250 g/mol. The number of fused-ring (bicyclic) bond motifs is 4. The highest BCUT2D eigenvalue weighted by atomic mass is 127. The van der Waals surface area contributed by atoms with Gasteiger partial charge in [0.1, 0.15) is 24.4 Å². The van der Waals surface area contributed by atoms with E-state index in [-0.39, 0.29) is 49.0 Å². The minimum atomic E-state index is -6.25. The van der Waals surface area contributed by atoms with E-state index in [9.17, 15) is 58.4 Å². The van der Waals surface area contributed by atoms with Crippen LogP contribution >= 0.6 is 46.1 Å². The zero-order chi connectivity index (χ0) is 55.6. The second kappa shape index (κ2) is 25.3. The Morgan fingerprint density at radius 1 is 0.868 bits per heavy atom. The number of alkyl halides is 1. The number of ether oxygens (including phenoxy) is 6. The molecule has 0 amide bonds. The lowest BCUT2D eigenvalue weighted by atomic mass is 9.79. The van der Waals surface area contributed by atoms with E-state index < -0.39 is 108 Å². The van der Waals surface area contributed by atoms with Gasteiger partial charge in [-0.3, -0.25) is 28.0 Å². The number of aliphatic hydroxyl groups is 4. The van der Waals surface area contributed by atoms with Crippen LogP contribution in [0, 0.1) is 5.92 Å². The Morgan fingerprint density at radius 2 is 1.54 bits per heavy atom. The molecule has 19 unspecified atom stereocenters. The molecule has 0 aliphatic carbocycles. The minimum Gasteiger partial charge on any atom is -0.756 e. The summed E-state index contributed by atoms with van der Waals surface area (Å²) < 4.78 is 94.9. The molecule has 6 aliphatic heterocycles. The average molecular weight is 1250 g/mol. The maximum atomic E-state index is 12.5. The van der Waals surface area contributed by atoms with Gasteiger partial charge in [0.15, 0.2) is 6.23 Å². The summed E-state index contributed by atoms with van der Waals surface area (Å²) in [6.45, 7) is 11.6. The molecule has 430 valence electrons. The lowest BCUT2D eigenvalue weighted by Gasteiger charge is -2.49. The van der Waals surface area contributed by atoms with Crippen molar-refractivity contribution in [2.75, 3.05) is 17.6 Å². The lowest BCUT2D eigenvalue weighted by molar-refractivity contribution is -0.273. The van der Waals surface area contributed by atoms with E-state index in [1.165, 1.54) is 6.08 Å². The van der Waals surface area contributed by atoms with Crippen molar-refractivity contribution in [3.05, 3.63) is 81.2 Å². The fourth-order valence-electron chi connectivity index (χ4n) is 11.1. The van der Waals surface area contributed by atoms with Gasteiger partial charge < -0.3 is 72.6 Å². The number of H-pyrrole nitrogens is 1. The Hall–Kier alpha value is -1.62. The van der Waals surface area contributed by atoms with Crippen molar-refractivity contribution in [3.8, 4) is 0 Å². The van der Waals surface area contributed by atoms with E-state index in [0.29, 0.717) is 72.4 Å². The van der Waals surface area contributed by atoms with Gasteiger partial charge in [-0.1, -0.05) is 72.0 Å². The van der Waals surface area contributed by atoms with Gasteiger partial charge in [0, 0.05) is 29.5 Å². The SMILES string of the molecule is C=C/C=C\CCC1OC2CCC3(C)OC4C(O)CC5(C)OC(CC/C=C(C)/C(=C/COP(=O)([O-])OP(=O)([O-])OP(=O)([O-])OC[C@@H]6OC(n7ccc(=O)[nH]c7=O)C(O)C6O)CI)C(C)CC5OC4CC3OC2CCC1(C)O. The van der Waals surface area contributed by atoms with E-state index in [1.807, 2.05) is 44.0 Å². The highest BCUT2D eigenvalue weighted by molar-refractivity contribution is 14.1. The summed E-state index contributed by atoms with van der Waals surface area (Å²) >= 11 is 2.06. The van der Waals surface area contributed by atoms with Gasteiger partial charge >= 0.3 is 5.69 Å². The van der Waals surface area contributed by atoms with Crippen LogP contribution in [0.1, 0.15) is 111 Å². The van der Waals surface area contributed by atoms with E-state index >= 15 is 0 Å². The molecule has 5 N–H and O–H groups in total. The first-order chi connectivity index (χ1) is 35.6. The van der Waals surface area contributed by atoms with E-state index in [0.717, 1.165) is 24.3 Å². The Balaban J connectivity index is 0.882. The van der Waals surface area contributed by atoms with Crippen LogP contribution in [-0.2, 0) is 59.8 Å². The number of nitrogens with one attached hydrogen (secondary N) is 1. The molecule has 6 aliphatic rings. The highest BCUT2D eigenvalue weighted by Crippen LogP contribution is 2.63. The van der Waals surface area contributed by atoms with E-state index in [2.05, 4.69) is 49.2 Å². The van der Waals surface area contributed by atoms with Gasteiger partial charge in [0.25, 0.3) is 29.0 Å². The smallest absolute Gasteiger partial charge is 0.330 e. The number of hydrogen-bond donors (Lipinski definition) is 5. The molecular formula is C48H71IN2O22P3-3. The molecule has 0 spiro atoms. The molecule has 0 saturated carbocycles. The maximum Gasteiger partial charge on any atom is 0.330 e. The molecule has 0 radical (unpaired) electrons. The maximum absolute atomic E-state index is 12.5. The first kappa shape index (κ1) is 62.0. The summed E-state index contributed by atoms with van der Waals surface area (Å²) in [7, 11) is -18.0. The Labute approximate surface area is 454 Å². The molecule has 20 atom stereocenters. The third kappa shape index (κ3) is 15.3. The molecule has 0 bridgehead atoms. The first-order valence-corrected chi connectivity index (χ1v) is 31.4. The van der Waals surface area contributed by atoms with Crippen LogP contribution in [0.3, 0.4) is 0 Å². The Morgan fingerprint density at radius 3 is 2.24 bits per heavy atom. The number of aromatic nitrogens is 2. The number of rotatable bonds is 20. The van der Waals surface area contributed by atoms with Crippen LogP contribution in [0.2, 0.25) is 0 Å². The number of nitrogens with zero attached hydrogens (tertiary/aromatic N) is 1. The van der Waals surface area contributed by atoms with Crippen molar-refractivity contribution in [2.45, 2.75) is 202 Å². The molecule has 1 aromatic rings. The van der Waals surface area contributed by atoms with Crippen molar-refractivity contribution in [3.63, 3.8) is 0 Å². The van der Waals surface area contributed by atoms with E-state index in [4.69, 9.17) is 32.9 Å². The zero-order valence-corrected chi connectivity index (χ0v) is 47.9. The van der Waals surface area contributed by atoms with Crippen molar-refractivity contribution in [1.29, 1.82) is 0 Å².